The van der Waals surface area contributed by atoms with Gasteiger partial charge in [-0.1, -0.05) is 20.3 Å². The van der Waals surface area contributed by atoms with Gasteiger partial charge in [0.2, 0.25) is 0 Å². The SMILES string of the molecule is C[C@H]1C(=O)[C@@]23CC[C@H]4[C@@]5(CCC[C@@]4(C)C4OCCN4C5)[C@@H]2CC[C@@H]1C3. The fourth-order valence-electron chi connectivity index (χ4n) is 9.46. The summed E-state index contributed by atoms with van der Waals surface area (Å²) in [6, 6.07) is 0. The lowest BCUT2D eigenvalue weighted by Crippen LogP contribution is -2.70. The van der Waals surface area contributed by atoms with Crippen LogP contribution in [0.4, 0.5) is 0 Å². The van der Waals surface area contributed by atoms with Crippen LogP contribution < -0.4 is 0 Å². The molecular formula is C22H33NO2. The molecule has 3 heteroatoms. The molecule has 1 spiro atoms. The number of Topliss-reactive ketones (excluding diaryl/α,β-unsaturated/α-hetero) is 1. The van der Waals surface area contributed by atoms with E-state index in [1.54, 1.807) is 0 Å². The Morgan fingerprint density at radius 2 is 2.00 bits per heavy atom. The zero-order chi connectivity index (χ0) is 17.0. The second kappa shape index (κ2) is 4.70. The summed E-state index contributed by atoms with van der Waals surface area (Å²) in [5.41, 5.74) is 0.781. The highest BCUT2D eigenvalue weighted by Crippen LogP contribution is 2.73. The molecular weight excluding hydrogens is 310 g/mol. The maximum absolute atomic E-state index is 13.4. The van der Waals surface area contributed by atoms with Crippen LogP contribution in [0.5, 0.6) is 0 Å². The minimum Gasteiger partial charge on any atom is -0.361 e. The van der Waals surface area contributed by atoms with Gasteiger partial charge in [-0.25, -0.2) is 0 Å². The molecule has 4 aliphatic carbocycles. The summed E-state index contributed by atoms with van der Waals surface area (Å²) < 4.78 is 6.28. The molecule has 0 aromatic heterocycles. The summed E-state index contributed by atoms with van der Waals surface area (Å²) in [5, 5.41) is 0. The molecule has 4 saturated carbocycles. The van der Waals surface area contributed by atoms with Crippen molar-refractivity contribution in [2.75, 3.05) is 19.7 Å². The van der Waals surface area contributed by atoms with Crippen molar-refractivity contribution in [3.63, 3.8) is 0 Å². The Balaban J connectivity index is 1.49. The van der Waals surface area contributed by atoms with Gasteiger partial charge in [-0.05, 0) is 68.1 Å². The first-order valence-electron chi connectivity index (χ1n) is 10.9. The highest BCUT2D eigenvalue weighted by molar-refractivity contribution is 5.90. The first-order valence-corrected chi connectivity index (χ1v) is 10.9. The summed E-state index contributed by atoms with van der Waals surface area (Å²) in [6.45, 7) is 8.02. The molecule has 3 nitrogen and oxygen atoms in total. The number of carbonyl (C=O) groups excluding carboxylic acids is 1. The van der Waals surface area contributed by atoms with E-state index in [4.69, 9.17) is 4.74 Å². The molecule has 0 amide bonds. The molecule has 0 N–H and O–H groups in total. The smallest absolute Gasteiger partial charge is 0.142 e. The maximum Gasteiger partial charge on any atom is 0.142 e. The van der Waals surface area contributed by atoms with Crippen LogP contribution in [0.25, 0.3) is 0 Å². The number of ketones is 1. The molecule has 2 heterocycles. The van der Waals surface area contributed by atoms with Gasteiger partial charge in [-0.15, -0.1) is 0 Å². The Morgan fingerprint density at radius 1 is 1.12 bits per heavy atom. The topological polar surface area (TPSA) is 29.5 Å². The number of hydrogen-bond donors (Lipinski definition) is 0. The van der Waals surface area contributed by atoms with Gasteiger partial charge in [0.25, 0.3) is 0 Å². The van der Waals surface area contributed by atoms with Gasteiger partial charge >= 0.3 is 0 Å². The van der Waals surface area contributed by atoms with Crippen LogP contribution in [0.2, 0.25) is 0 Å². The van der Waals surface area contributed by atoms with E-state index in [2.05, 4.69) is 18.7 Å². The minimum atomic E-state index is 0.0600. The van der Waals surface area contributed by atoms with E-state index in [0.717, 1.165) is 19.1 Å². The van der Waals surface area contributed by atoms with Crippen LogP contribution in [0.1, 0.15) is 65.2 Å². The van der Waals surface area contributed by atoms with E-state index < -0.39 is 0 Å². The Bertz CT molecular complexity index is 634. The molecule has 0 radical (unpaired) electrons. The van der Waals surface area contributed by atoms with Gasteiger partial charge in [0.05, 0.1) is 6.61 Å². The molecule has 0 aromatic carbocycles. The fourth-order valence-corrected chi connectivity index (χ4v) is 9.46. The summed E-state index contributed by atoms with van der Waals surface area (Å²) in [5.74, 6) is 3.13. The second-order valence-electron chi connectivity index (χ2n) is 10.8. The monoisotopic (exact) mass is 343 g/mol. The average Bonchev–Trinajstić information content (AvgIpc) is 3.13. The van der Waals surface area contributed by atoms with Gasteiger partial charge in [0.15, 0.2) is 0 Å². The van der Waals surface area contributed by atoms with Crippen LogP contribution in [0.15, 0.2) is 0 Å². The van der Waals surface area contributed by atoms with Crippen molar-refractivity contribution in [2.24, 2.45) is 39.9 Å². The third-order valence-corrected chi connectivity index (χ3v) is 10.2. The number of ether oxygens (including phenoxy) is 1. The van der Waals surface area contributed by atoms with Gasteiger partial charge in [0, 0.05) is 29.8 Å². The standard InChI is InChI=1S/C22H33NO2/c1-14-15-4-5-17-21(12-15,18(14)24)9-6-16-20(2)7-3-8-22(16,17)13-23-10-11-25-19(20)23/h14-17,19H,3-13H2,1-2H3/t14-,15-,16-,17-,19?,20-,21-,22+/m1/s1. The lowest BCUT2D eigenvalue weighted by Gasteiger charge is -2.69. The zero-order valence-corrected chi connectivity index (χ0v) is 15.9. The maximum atomic E-state index is 13.4. The van der Waals surface area contributed by atoms with Gasteiger partial charge in [0.1, 0.15) is 12.0 Å². The number of hydrogen-bond acceptors (Lipinski definition) is 3. The molecule has 6 rings (SSSR count). The van der Waals surface area contributed by atoms with Crippen LogP contribution in [-0.2, 0) is 9.53 Å². The van der Waals surface area contributed by atoms with Gasteiger partial charge in [-0.2, -0.15) is 0 Å². The van der Waals surface area contributed by atoms with Crippen LogP contribution in [-0.4, -0.2) is 36.6 Å². The van der Waals surface area contributed by atoms with Gasteiger partial charge < -0.3 is 4.74 Å². The highest BCUT2D eigenvalue weighted by atomic mass is 16.5. The van der Waals surface area contributed by atoms with Crippen molar-refractivity contribution in [1.29, 1.82) is 0 Å². The molecule has 138 valence electrons. The molecule has 2 aliphatic heterocycles. The normalized spacial score (nSPS) is 60.1. The van der Waals surface area contributed by atoms with Crippen molar-refractivity contribution in [3.8, 4) is 0 Å². The number of rotatable bonds is 0. The van der Waals surface area contributed by atoms with E-state index in [1.807, 2.05) is 0 Å². The van der Waals surface area contributed by atoms with E-state index in [1.165, 1.54) is 57.9 Å². The molecule has 8 atom stereocenters. The average molecular weight is 344 g/mol. The molecule has 6 fully saturated rings. The molecule has 0 aromatic rings. The second-order valence-corrected chi connectivity index (χ2v) is 10.8. The van der Waals surface area contributed by atoms with Crippen molar-refractivity contribution in [1.82, 2.24) is 4.90 Å². The van der Waals surface area contributed by atoms with E-state index in [-0.39, 0.29) is 5.41 Å². The molecule has 1 unspecified atom stereocenters. The first-order chi connectivity index (χ1) is 12.0. The molecule has 6 aliphatic rings. The van der Waals surface area contributed by atoms with Crippen LogP contribution in [0, 0.1) is 39.9 Å². The number of fused-ring (bicyclic) bond motifs is 3. The molecule has 4 bridgehead atoms. The largest absolute Gasteiger partial charge is 0.361 e. The summed E-state index contributed by atoms with van der Waals surface area (Å²) >= 11 is 0. The van der Waals surface area contributed by atoms with E-state index in [9.17, 15) is 4.79 Å². The Labute approximate surface area is 151 Å². The number of carbonyl (C=O) groups is 1. The molecule has 25 heavy (non-hydrogen) atoms. The Hall–Kier alpha value is -0.410. The van der Waals surface area contributed by atoms with Crippen molar-refractivity contribution in [3.05, 3.63) is 0 Å². The Morgan fingerprint density at radius 3 is 2.88 bits per heavy atom. The third kappa shape index (κ3) is 1.61. The lowest BCUT2D eigenvalue weighted by atomic mass is 9.38. The predicted octanol–water partition coefficient (Wildman–Crippen LogP) is 3.87. The van der Waals surface area contributed by atoms with Crippen molar-refractivity contribution in [2.45, 2.75) is 71.4 Å². The van der Waals surface area contributed by atoms with Gasteiger partial charge in [-0.3, -0.25) is 9.69 Å². The quantitative estimate of drug-likeness (QED) is 0.669. The lowest BCUT2D eigenvalue weighted by molar-refractivity contribution is -0.249. The van der Waals surface area contributed by atoms with E-state index >= 15 is 0 Å². The third-order valence-electron chi connectivity index (χ3n) is 10.2. The zero-order valence-electron chi connectivity index (χ0n) is 15.9. The summed E-state index contributed by atoms with van der Waals surface area (Å²) in [7, 11) is 0. The fraction of sp³-hybridized carbons (Fsp3) is 0.955. The Kier molecular flexibility index (Phi) is 2.94. The first kappa shape index (κ1) is 15.6. The van der Waals surface area contributed by atoms with E-state index in [0.29, 0.717) is 40.6 Å². The summed E-state index contributed by atoms with van der Waals surface area (Å²) in [6.07, 6.45) is 10.7. The number of piperidine rings is 1. The predicted molar refractivity (Wildman–Crippen MR) is 95.9 cm³/mol. The van der Waals surface area contributed by atoms with Crippen LogP contribution >= 0.6 is 0 Å². The number of nitrogens with zero attached hydrogens (tertiary/aromatic N) is 1. The van der Waals surface area contributed by atoms with Crippen molar-refractivity contribution < 1.29 is 9.53 Å². The molecule has 2 saturated heterocycles. The summed E-state index contributed by atoms with van der Waals surface area (Å²) in [4.78, 5) is 16.1. The van der Waals surface area contributed by atoms with Crippen molar-refractivity contribution >= 4 is 5.78 Å². The minimum absolute atomic E-state index is 0.0600. The van der Waals surface area contributed by atoms with Crippen LogP contribution in [0.3, 0.4) is 0 Å². The highest BCUT2D eigenvalue weighted by Gasteiger charge is 2.72.